The number of aryl methyl sites for hydroxylation is 1. The molecule has 0 saturated carbocycles. The highest BCUT2D eigenvalue weighted by Crippen LogP contribution is 2.26. The molecule has 1 heterocycles. The van der Waals surface area contributed by atoms with Gasteiger partial charge in [0.2, 0.25) is 5.88 Å². The number of ketones is 1. The Bertz CT molecular complexity index is 1480. The highest BCUT2D eigenvalue weighted by atomic mass is 16.5. The summed E-state index contributed by atoms with van der Waals surface area (Å²) in [5.74, 6) is 1.07. The zero-order chi connectivity index (χ0) is 29.2. The average Bonchev–Trinajstić information content (AvgIpc) is 2.97. The molecule has 4 rings (SSSR count). The predicted molar refractivity (Wildman–Crippen MR) is 161 cm³/mol. The Morgan fingerprint density at radius 1 is 0.805 bits per heavy atom. The lowest BCUT2D eigenvalue weighted by Gasteiger charge is -2.19. The first-order valence-electron chi connectivity index (χ1n) is 13.6. The maximum Gasteiger partial charge on any atom is 0.338 e. The first kappa shape index (κ1) is 29.3. The molecular formula is C35H35NO5. The van der Waals surface area contributed by atoms with Gasteiger partial charge in [-0.1, -0.05) is 68.8 Å². The Balaban J connectivity index is 1.19. The van der Waals surface area contributed by atoms with E-state index in [4.69, 9.17) is 14.2 Å². The number of carbonyl (C=O) groups excluding carboxylic acids is 2. The third-order valence-corrected chi connectivity index (χ3v) is 6.35. The van der Waals surface area contributed by atoms with E-state index in [1.165, 1.54) is 17.3 Å². The molecule has 0 saturated heterocycles. The second-order valence-electron chi connectivity index (χ2n) is 10.7. The number of ether oxygens (including phenoxy) is 3. The molecule has 0 N–H and O–H groups in total. The Morgan fingerprint density at radius 2 is 1.49 bits per heavy atom. The molecule has 41 heavy (non-hydrogen) atoms. The maximum atomic E-state index is 12.5. The van der Waals surface area contributed by atoms with Gasteiger partial charge in [0.05, 0.1) is 18.8 Å². The van der Waals surface area contributed by atoms with Crippen LogP contribution in [0.2, 0.25) is 0 Å². The fourth-order valence-electron chi connectivity index (χ4n) is 3.89. The van der Waals surface area contributed by atoms with Gasteiger partial charge >= 0.3 is 5.97 Å². The van der Waals surface area contributed by atoms with Crippen molar-refractivity contribution >= 4 is 17.8 Å². The van der Waals surface area contributed by atoms with E-state index in [0.717, 1.165) is 5.56 Å². The molecule has 0 atom stereocenters. The van der Waals surface area contributed by atoms with E-state index in [1.54, 1.807) is 48.6 Å². The van der Waals surface area contributed by atoms with Gasteiger partial charge in [-0.05, 0) is 72.0 Å². The van der Waals surface area contributed by atoms with Crippen molar-refractivity contribution in [3.63, 3.8) is 0 Å². The standard InChI is InChI=1S/C35H35NO5/c1-25-6-8-26(9-7-25)10-19-32(37)27-11-15-30(16-12-27)39-22-5-23-40-34(38)28-20-21-36-33(24-28)41-31-17-13-29(14-18-31)35(2,3)4/h6-21,24H,5,22-23H2,1-4H3/b19-10+. The van der Waals surface area contributed by atoms with Crippen molar-refractivity contribution in [1.82, 2.24) is 4.98 Å². The van der Waals surface area contributed by atoms with E-state index >= 15 is 0 Å². The molecule has 210 valence electrons. The number of pyridine rings is 1. The molecule has 4 aromatic rings. The molecular weight excluding hydrogens is 514 g/mol. The first-order valence-corrected chi connectivity index (χ1v) is 13.6. The second kappa shape index (κ2) is 13.6. The van der Waals surface area contributed by atoms with E-state index in [2.05, 4.69) is 25.8 Å². The van der Waals surface area contributed by atoms with Crippen LogP contribution in [0.1, 0.15) is 64.6 Å². The Hall–Kier alpha value is -4.71. The summed E-state index contributed by atoms with van der Waals surface area (Å²) in [4.78, 5) is 29.2. The van der Waals surface area contributed by atoms with Crippen LogP contribution in [0.5, 0.6) is 17.4 Å². The van der Waals surface area contributed by atoms with Crippen molar-refractivity contribution in [1.29, 1.82) is 0 Å². The van der Waals surface area contributed by atoms with Crippen molar-refractivity contribution in [2.45, 2.75) is 39.5 Å². The minimum Gasteiger partial charge on any atom is -0.493 e. The summed E-state index contributed by atoms with van der Waals surface area (Å²) in [6.07, 6.45) is 5.40. The summed E-state index contributed by atoms with van der Waals surface area (Å²) in [6, 6.07) is 25.9. The van der Waals surface area contributed by atoms with Crippen LogP contribution in [-0.2, 0) is 10.2 Å². The Kier molecular flexibility index (Phi) is 9.69. The summed E-state index contributed by atoms with van der Waals surface area (Å²) in [6.45, 7) is 9.05. The molecule has 0 unspecified atom stereocenters. The molecule has 3 aromatic carbocycles. The third-order valence-electron chi connectivity index (χ3n) is 6.35. The smallest absolute Gasteiger partial charge is 0.338 e. The lowest BCUT2D eigenvalue weighted by molar-refractivity contribution is 0.0485. The van der Waals surface area contributed by atoms with E-state index in [0.29, 0.717) is 41.5 Å². The van der Waals surface area contributed by atoms with Crippen LogP contribution in [0.3, 0.4) is 0 Å². The van der Waals surface area contributed by atoms with Gasteiger partial charge in [-0.2, -0.15) is 0 Å². The number of allylic oxidation sites excluding steroid dienone is 1. The van der Waals surface area contributed by atoms with Crippen molar-refractivity contribution in [3.05, 3.63) is 125 Å². The summed E-state index contributed by atoms with van der Waals surface area (Å²) >= 11 is 0. The molecule has 6 nitrogen and oxygen atoms in total. The van der Waals surface area contributed by atoms with E-state index in [-0.39, 0.29) is 17.8 Å². The van der Waals surface area contributed by atoms with E-state index in [1.807, 2.05) is 55.5 Å². The summed E-state index contributed by atoms with van der Waals surface area (Å²) in [7, 11) is 0. The molecule has 0 radical (unpaired) electrons. The number of esters is 1. The lowest BCUT2D eigenvalue weighted by atomic mass is 9.87. The van der Waals surface area contributed by atoms with Crippen LogP contribution in [0.4, 0.5) is 0 Å². The number of aromatic nitrogens is 1. The average molecular weight is 550 g/mol. The number of rotatable bonds is 11. The maximum absolute atomic E-state index is 12.5. The summed E-state index contributed by atoms with van der Waals surface area (Å²) in [5.41, 5.74) is 4.35. The van der Waals surface area contributed by atoms with Gasteiger partial charge in [-0.3, -0.25) is 4.79 Å². The van der Waals surface area contributed by atoms with Crippen LogP contribution in [0.25, 0.3) is 6.08 Å². The zero-order valence-electron chi connectivity index (χ0n) is 23.9. The normalized spacial score (nSPS) is 11.3. The molecule has 0 spiro atoms. The van der Waals surface area contributed by atoms with Crippen molar-refractivity contribution < 1.29 is 23.8 Å². The Morgan fingerprint density at radius 3 is 2.17 bits per heavy atom. The van der Waals surface area contributed by atoms with E-state index in [9.17, 15) is 9.59 Å². The number of hydrogen-bond acceptors (Lipinski definition) is 6. The van der Waals surface area contributed by atoms with Gasteiger partial charge in [-0.15, -0.1) is 0 Å². The minimum absolute atomic E-state index is 0.0521. The fourth-order valence-corrected chi connectivity index (χ4v) is 3.89. The van der Waals surface area contributed by atoms with Crippen LogP contribution < -0.4 is 9.47 Å². The number of nitrogens with zero attached hydrogens (tertiary/aromatic N) is 1. The van der Waals surface area contributed by atoms with Gasteiger partial charge in [0.1, 0.15) is 11.5 Å². The SMILES string of the molecule is Cc1ccc(/C=C/C(=O)c2ccc(OCCCOC(=O)c3ccnc(Oc4ccc(C(C)(C)C)cc4)c3)cc2)cc1. The number of benzene rings is 3. The molecule has 0 bridgehead atoms. The summed E-state index contributed by atoms with van der Waals surface area (Å²) in [5, 5.41) is 0. The molecule has 0 aliphatic rings. The topological polar surface area (TPSA) is 74.7 Å². The lowest BCUT2D eigenvalue weighted by Crippen LogP contribution is -2.10. The van der Waals surface area contributed by atoms with Crippen LogP contribution in [0.15, 0.2) is 97.2 Å². The molecule has 0 amide bonds. The van der Waals surface area contributed by atoms with Gasteiger partial charge in [0.25, 0.3) is 0 Å². The van der Waals surface area contributed by atoms with Crippen molar-refractivity contribution in [2.75, 3.05) is 13.2 Å². The third kappa shape index (κ3) is 8.90. The second-order valence-corrected chi connectivity index (χ2v) is 10.7. The number of carbonyl (C=O) groups is 2. The molecule has 6 heteroatoms. The predicted octanol–water partition coefficient (Wildman–Crippen LogP) is 8.00. The van der Waals surface area contributed by atoms with Crippen LogP contribution in [-0.4, -0.2) is 30.0 Å². The molecule has 0 fully saturated rings. The highest BCUT2D eigenvalue weighted by Gasteiger charge is 2.14. The summed E-state index contributed by atoms with van der Waals surface area (Å²) < 4.78 is 16.9. The van der Waals surface area contributed by atoms with Crippen molar-refractivity contribution in [2.24, 2.45) is 0 Å². The minimum atomic E-state index is -0.457. The number of hydrogen-bond donors (Lipinski definition) is 0. The fraction of sp³-hybridized carbons (Fsp3) is 0.229. The van der Waals surface area contributed by atoms with Crippen molar-refractivity contribution in [3.8, 4) is 17.4 Å². The van der Waals surface area contributed by atoms with Gasteiger partial charge in [0.15, 0.2) is 5.78 Å². The van der Waals surface area contributed by atoms with Crippen LogP contribution >= 0.6 is 0 Å². The molecule has 0 aliphatic carbocycles. The van der Waals surface area contributed by atoms with Crippen LogP contribution in [0, 0.1) is 6.92 Å². The molecule has 0 aliphatic heterocycles. The van der Waals surface area contributed by atoms with Gasteiger partial charge in [0, 0.05) is 24.2 Å². The molecule has 1 aromatic heterocycles. The van der Waals surface area contributed by atoms with Gasteiger partial charge in [-0.25, -0.2) is 9.78 Å². The van der Waals surface area contributed by atoms with Gasteiger partial charge < -0.3 is 14.2 Å². The monoisotopic (exact) mass is 549 g/mol. The van der Waals surface area contributed by atoms with E-state index < -0.39 is 5.97 Å². The Labute approximate surface area is 241 Å². The highest BCUT2D eigenvalue weighted by molar-refractivity contribution is 6.06. The zero-order valence-corrected chi connectivity index (χ0v) is 23.9. The quantitative estimate of drug-likeness (QED) is 0.0817. The largest absolute Gasteiger partial charge is 0.493 e. The first-order chi connectivity index (χ1) is 19.7.